The number of rotatable bonds is 6. The van der Waals surface area contributed by atoms with E-state index in [2.05, 4.69) is 10.3 Å². The van der Waals surface area contributed by atoms with Crippen molar-refractivity contribution in [3.05, 3.63) is 59.2 Å². The molecule has 0 fully saturated rings. The van der Waals surface area contributed by atoms with Crippen LogP contribution in [0.1, 0.15) is 5.56 Å². The van der Waals surface area contributed by atoms with Gasteiger partial charge in [-0.25, -0.2) is 9.37 Å². The molecule has 0 aliphatic heterocycles. The normalized spacial score (nSPS) is 10.4. The Labute approximate surface area is 154 Å². The van der Waals surface area contributed by atoms with Gasteiger partial charge in [0.25, 0.3) is 0 Å². The Morgan fingerprint density at radius 2 is 2.04 bits per heavy atom. The fourth-order valence-corrected chi connectivity index (χ4v) is 3.19. The SMILES string of the molecule is COc1cccc(CC(=O)Nc2nc(-c3cc(F)ccc3OC)cs2)c1. The molecule has 26 heavy (non-hydrogen) atoms. The van der Waals surface area contributed by atoms with Crippen molar-refractivity contribution in [2.45, 2.75) is 6.42 Å². The minimum Gasteiger partial charge on any atom is -0.497 e. The minimum atomic E-state index is -0.377. The van der Waals surface area contributed by atoms with Gasteiger partial charge in [0, 0.05) is 10.9 Å². The van der Waals surface area contributed by atoms with Gasteiger partial charge in [-0.1, -0.05) is 12.1 Å². The Balaban J connectivity index is 1.72. The molecule has 1 heterocycles. The monoisotopic (exact) mass is 372 g/mol. The molecule has 3 aromatic rings. The van der Waals surface area contributed by atoms with Gasteiger partial charge in [-0.2, -0.15) is 0 Å². The van der Waals surface area contributed by atoms with Crippen LogP contribution in [0.15, 0.2) is 47.8 Å². The number of hydrogen-bond acceptors (Lipinski definition) is 5. The van der Waals surface area contributed by atoms with E-state index >= 15 is 0 Å². The Morgan fingerprint density at radius 3 is 2.81 bits per heavy atom. The van der Waals surface area contributed by atoms with Crippen molar-refractivity contribution in [3.63, 3.8) is 0 Å². The molecule has 1 N–H and O–H groups in total. The first-order valence-corrected chi connectivity index (χ1v) is 8.69. The lowest BCUT2D eigenvalue weighted by Crippen LogP contribution is -2.14. The molecule has 0 aliphatic rings. The van der Waals surface area contributed by atoms with E-state index in [1.54, 1.807) is 18.6 Å². The Kier molecular flexibility index (Phi) is 5.48. The van der Waals surface area contributed by atoms with Crippen LogP contribution in [0.3, 0.4) is 0 Å². The summed E-state index contributed by atoms with van der Waals surface area (Å²) in [4.78, 5) is 16.6. The number of amides is 1. The third-order valence-electron chi connectivity index (χ3n) is 3.69. The molecule has 0 saturated carbocycles. The van der Waals surface area contributed by atoms with Crippen molar-refractivity contribution in [1.82, 2.24) is 4.98 Å². The molecule has 3 rings (SSSR count). The van der Waals surface area contributed by atoms with Crippen LogP contribution in [0, 0.1) is 5.82 Å². The highest BCUT2D eigenvalue weighted by molar-refractivity contribution is 7.14. The maximum atomic E-state index is 13.5. The Morgan fingerprint density at radius 1 is 1.19 bits per heavy atom. The third kappa shape index (κ3) is 4.18. The number of hydrogen-bond donors (Lipinski definition) is 1. The smallest absolute Gasteiger partial charge is 0.230 e. The number of methoxy groups -OCH3 is 2. The van der Waals surface area contributed by atoms with Gasteiger partial charge in [-0.15, -0.1) is 11.3 Å². The summed E-state index contributed by atoms with van der Waals surface area (Å²) in [6, 6.07) is 11.5. The first-order valence-electron chi connectivity index (χ1n) is 7.81. The first kappa shape index (κ1) is 17.9. The number of carbonyl (C=O) groups excluding carboxylic acids is 1. The second kappa shape index (κ2) is 7.97. The zero-order valence-corrected chi connectivity index (χ0v) is 15.1. The summed E-state index contributed by atoms with van der Waals surface area (Å²) in [6.45, 7) is 0. The van der Waals surface area contributed by atoms with Crippen LogP contribution >= 0.6 is 11.3 Å². The van der Waals surface area contributed by atoms with Crippen molar-refractivity contribution in [2.24, 2.45) is 0 Å². The zero-order valence-electron chi connectivity index (χ0n) is 14.3. The van der Waals surface area contributed by atoms with Gasteiger partial charge in [-0.05, 0) is 35.9 Å². The molecule has 0 aliphatic carbocycles. The molecule has 1 aromatic heterocycles. The molecule has 5 nitrogen and oxygen atoms in total. The van der Waals surface area contributed by atoms with E-state index in [0.717, 1.165) is 5.56 Å². The Bertz CT molecular complexity index is 927. The molecule has 1 amide bonds. The quantitative estimate of drug-likeness (QED) is 0.706. The Hall–Kier alpha value is -2.93. The van der Waals surface area contributed by atoms with Gasteiger partial charge in [0.2, 0.25) is 5.91 Å². The topological polar surface area (TPSA) is 60.5 Å². The van der Waals surface area contributed by atoms with E-state index < -0.39 is 0 Å². The van der Waals surface area contributed by atoms with Crippen molar-refractivity contribution in [2.75, 3.05) is 19.5 Å². The molecular weight excluding hydrogens is 355 g/mol. The van der Waals surface area contributed by atoms with Crippen LogP contribution in [-0.4, -0.2) is 25.1 Å². The van der Waals surface area contributed by atoms with Gasteiger partial charge >= 0.3 is 0 Å². The number of aromatic nitrogens is 1. The van der Waals surface area contributed by atoms with E-state index in [9.17, 15) is 9.18 Å². The average molecular weight is 372 g/mol. The summed E-state index contributed by atoms with van der Waals surface area (Å²) in [5.41, 5.74) is 1.92. The maximum absolute atomic E-state index is 13.5. The van der Waals surface area contributed by atoms with Gasteiger partial charge in [-0.3, -0.25) is 4.79 Å². The highest BCUT2D eigenvalue weighted by Gasteiger charge is 2.13. The van der Waals surface area contributed by atoms with Crippen LogP contribution in [0.2, 0.25) is 0 Å². The van der Waals surface area contributed by atoms with Crippen LogP contribution < -0.4 is 14.8 Å². The number of anilines is 1. The van der Waals surface area contributed by atoms with E-state index in [4.69, 9.17) is 9.47 Å². The predicted molar refractivity (Wildman–Crippen MR) is 99.4 cm³/mol. The lowest BCUT2D eigenvalue weighted by atomic mass is 10.1. The highest BCUT2D eigenvalue weighted by Crippen LogP contribution is 2.32. The zero-order chi connectivity index (χ0) is 18.5. The second-order valence-corrected chi connectivity index (χ2v) is 6.32. The minimum absolute atomic E-state index is 0.189. The summed E-state index contributed by atoms with van der Waals surface area (Å²) in [7, 11) is 3.09. The van der Waals surface area contributed by atoms with Gasteiger partial charge < -0.3 is 14.8 Å². The third-order valence-corrected chi connectivity index (χ3v) is 4.44. The van der Waals surface area contributed by atoms with Gasteiger partial charge in [0.1, 0.15) is 17.3 Å². The van der Waals surface area contributed by atoms with Crippen LogP contribution in [-0.2, 0) is 11.2 Å². The summed E-state index contributed by atoms with van der Waals surface area (Å²) in [5.74, 6) is 0.652. The molecule has 0 atom stereocenters. The van der Waals surface area contributed by atoms with Gasteiger partial charge in [0.15, 0.2) is 5.13 Å². The number of benzene rings is 2. The summed E-state index contributed by atoms with van der Waals surface area (Å²) in [6.07, 6.45) is 0.204. The van der Waals surface area contributed by atoms with Crippen LogP contribution in [0.4, 0.5) is 9.52 Å². The van der Waals surface area contributed by atoms with Crippen molar-refractivity contribution in [1.29, 1.82) is 0 Å². The number of nitrogens with one attached hydrogen (secondary N) is 1. The van der Waals surface area contributed by atoms with E-state index in [0.29, 0.717) is 27.9 Å². The largest absolute Gasteiger partial charge is 0.497 e. The number of halogens is 1. The second-order valence-electron chi connectivity index (χ2n) is 5.46. The average Bonchev–Trinajstić information content (AvgIpc) is 3.10. The molecular formula is C19H17FN2O3S. The van der Waals surface area contributed by atoms with Crippen LogP contribution in [0.25, 0.3) is 11.3 Å². The fourth-order valence-electron chi connectivity index (χ4n) is 2.47. The summed E-state index contributed by atoms with van der Waals surface area (Å²) < 4.78 is 23.9. The molecule has 134 valence electrons. The lowest BCUT2D eigenvalue weighted by Gasteiger charge is -2.06. The van der Waals surface area contributed by atoms with Gasteiger partial charge in [0.05, 0.1) is 26.3 Å². The van der Waals surface area contributed by atoms with Crippen molar-refractivity contribution in [3.8, 4) is 22.8 Å². The maximum Gasteiger partial charge on any atom is 0.230 e. The predicted octanol–water partition coefficient (Wildman–Crippen LogP) is 4.15. The molecule has 0 bridgehead atoms. The van der Waals surface area contributed by atoms with Crippen molar-refractivity contribution < 1.29 is 18.7 Å². The highest BCUT2D eigenvalue weighted by atomic mass is 32.1. The summed E-state index contributed by atoms with van der Waals surface area (Å²) >= 11 is 1.27. The number of carbonyl (C=O) groups is 1. The molecule has 0 unspecified atom stereocenters. The lowest BCUT2D eigenvalue weighted by molar-refractivity contribution is -0.115. The molecule has 0 radical (unpaired) electrons. The van der Waals surface area contributed by atoms with E-state index in [1.165, 1.54) is 30.6 Å². The molecule has 2 aromatic carbocycles. The number of ether oxygens (including phenoxy) is 2. The van der Waals surface area contributed by atoms with Crippen molar-refractivity contribution >= 4 is 22.4 Å². The molecule has 0 saturated heterocycles. The van der Waals surface area contributed by atoms with E-state index in [-0.39, 0.29) is 18.1 Å². The molecule has 0 spiro atoms. The van der Waals surface area contributed by atoms with Crippen LogP contribution in [0.5, 0.6) is 11.5 Å². The molecule has 7 heteroatoms. The van der Waals surface area contributed by atoms with E-state index in [1.807, 2.05) is 24.3 Å². The number of nitrogens with zero attached hydrogens (tertiary/aromatic N) is 1. The number of thiazole rings is 1. The summed E-state index contributed by atoms with van der Waals surface area (Å²) in [5, 5.41) is 4.96. The first-order chi connectivity index (χ1) is 12.6. The fraction of sp³-hybridized carbons (Fsp3) is 0.158. The standard InChI is InChI=1S/C19H17FN2O3S/c1-24-14-5-3-4-12(8-14)9-18(23)22-19-21-16(11-26-19)15-10-13(20)6-7-17(15)25-2/h3-8,10-11H,9H2,1-2H3,(H,21,22,23).